The lowest BCUT2D eigenvalue weighted by Gasteiger charge is -2.28. The molecule has 0 spiro atoms. The van der Waals surface area contributed by atoms with Gasteiger partial charge in [0.1, 0.15) is 0 Å². The third kappa shape index (κ3) is 3.82. The third-order valence-electron chi connectivity index (χ3n) is 4.41. The van der Waals surface area contributed by atoms with Gasteiger partial charge in [0.2, 0.25) is 5.91 Å². The summed E-state index contributed by atoms with van der Waals surface area (Å²) in [5.74, 6) is -1.84. The Hall–Kier alpha value is -1.36. The van der Waals surface area contributed by atoms with Gasteiger partial charge in [0.25, 0.3) is 0 Å². The van der Waals surface area contributed by atoms with Gasteiger partial charge >= 0.3 is 5.97 Å². The Morgan fingerprint density at radius 2 is 1.85 bits per heavy atom. The van der Waals surface area contributed by atoms with Crippen molar-refractivity contribution in [2.45, 2.75) is 44.6 Å². The van der Waals surface area contributed by atoms with Gasteiger partial charge in [-0.3, -0.25) is 9.59 Å². The van der Waals surface area contributed by atoms with Crippen LogP contribution in [-0.4, -0.2) is 34.7 Å². The maximum Gasteiger partial charge on any atom is 0.307 e. The summed E-state index contributed by atoms with van der Waals surface area (Å²) in [4.78, 5) is 23.3. The fourth-order valence-electron chi connectivity index (χ4n) is 3.20. The maximum absolute atomic E-state index is 12.2. The van der Waals surface area contributed by atoms with Gasteiger partial charge in [0.05, 0.1) is 17.9 Å². The number of carbonyl (C=O) groups is 2. The number of aliphatic hydroxyl groups is 1. The zero-order valence-electron chi connectivity index (χ0n) is 11.6. The summed E-state index contributed by atoms with van der Waals surface area (Å²) >= 11 is 0. The van der Waals surface area contributed by atoms with Crippen LogP contribution >= 0.6 is 0 Å². The Morgan fingerprint density at radius 1 is 1.15 bits per heavy atom. The lowest BCUT2D eigenvalue weighted by atomic mass is 9.82. The van der Waals surface area contributed by atoms with Crippen LogP contribution in [0.5, 0.6) is 0 Å². The number of amides is 1. The molecule has 0 aromatic heterocycles. The summed E-state index contributed by atoms with van der Waals surface area (Å²) in [6, 6.07) is 0. The van der Waals surface area contributed by atoms with Crippen molar-refractivity contribution < 1.29 is 19.8 Å². The molecule has 1 fully saturated rings. The highest BCUT2D eigenvalue weighted by Crippen LogP contribution is 2.27. The van der Waals surface area contributed by atoms with Gasteiger partial charge < -0.3 is 15.5 Å². The minimum Gasteiger partial charge on any atom is -0.481 e. The monoisotopic (exact) mass is 281 g/mol. The van der Waals surface area contributed by atoms with Crippen molar-refractivity contribution in [2.75, 3.05) is 6.54 Å². The largest absolute Gasteiger partial charge is 0.481 e. The topological polar surface area (TPSA) is 86.6 Å². The molecule has 1 saturated carbocycles. The summed E-state index contributed by atoms with van der Waals surface area (Å²) in [6.07, 6.45) is 7.97. The normalized spacial score (nSPS) is 33.6. The van der Waals surface area contributed by atoms with Crippen molar-refractivity contribution in [3.05, 3.63) is 12.2 Å². The zero-order valence-corrected chi connectivity index (χ0v) is 11.6. The van der Waals surface area contributed by atoms with Crippen LogP contribution in [0.4, 0.5) is 0 Å². The molecule has 3 N–H and O–H groups in total. The lowest BCUT2D eigenvalue weighted by Crippen LogP contribution is -2.41. The van der Waals surface area contributed by atoms with E-state index in [0.717, 1.165) is 25.7 Å². The van der Waals surface area contributed by atoms with Gasteiger partial charge in [-0.25, -0.2) is 0 Å². The number of carboxylic acid groups (broad SMARTS) is 1. The molecular weight excluding hydrogens is 258 g/mol. The highest BCUT2D eigenvalue weighted by Gasteiger charge is 2.34. The summed E-state index contributed by atoms with van der Waals surface area (Å²) in [6.45, 7) is 0.544. The zero-order chi connectivity index (χ0) is 14.5. The Morgan fingerprint density at radius 3 is 2.50 bits per heavy atom. The summed E-state index contributed by atoms with van der Waals surface area (Å²) < 4.78 is 0. The Balaban J connectivity index is 1.84. The first-order chi connectivity index (χ1) is 9.58. The van der Waals surface area contributed by atoms with Crippen LogP contribution in [0.25, 0.3) is 0 Å². The number of rotatable bonds is 4. The van der Waals surface area contributed by atoms with E-state index < -0.39 is 17.8 Å². The number of nitrogens with one attached hydrogen (secondary N) is 1. The molecule has 5 heteroatoms. The average Bonchev–Trinajstić information content (AvgIpc) is 2.45. The molecule has 0 heterocycles. The fourth-order valence-corrected chi connectivity index (χ4v) is 3.20. The third-order valence-corrected chi connectivity index (χ3v) is 4.41. The molecule has 0 aliphatic heterocycles. The van der Waals surface area contributed by atoms with E-state index in [0.29, 0.717) is 25.3 Å². The maximum atomic E-state index is 12.2. The van der Waals surface area contributed by atoms with E-state index in [4.69, 9.17) is 5.11 Å². The average molecular weight is 281 g/mol. The Labute approximate surface area is 119 Å². The van der Waals surface area contributed by atoms with Crippen LogP contribution in [0.1, 0.15) is 38.5 Å². The number of allylic oxidation sites excluding steroid dienone is 2. The van der Waals surface area contributed by atoms with E-state index in [1.807, 2.05) is 12.2 Å². The second-order valence-electron chi connectivity index (χ2n) is 5.93. The quantitative estimate of drug-likeness (QED) is 0.678. The first kappa shape index (κ1) is 15.0. The van der Waals surface area contributed by atoms with Crippen molar-refractivity contribution in [1.82, 2.24) is 5.32 Å². The molecule has 4 atom stereocenters. The molecule has 0 aromatic carbocycles. The Kier molecular flexibility index (Phi) is 5.17. The number of hydrogen-bond acceptors (Lipinski definition) is 3. The minimum atomic E-state index is -0.900. The lowest BCUT2D eigenvalue weighted by molar-refractivity contribution is -0.147. The molecule has 2 unspecified atom stereocenters. The molecule has 0 aromatic rings. The first-order valence-corrected chi connectivity index (χ1v) is 7.41. The van der Waals surface area contributed by atoms with Gasteiger partial charge in [0.15, 0.2) is 0 Å². The van der Waals surface area contributed by atoms with Gasteiger partial charge in [0, 0.05) is 6.54 Å². The van der Waals surface area contributed by atoms with E-state index in [-0.39, 0.29) is 12.0 Å². The predicted octanol–water partition coefficient (Wildman–Crippen LogP) is 1.32. The second kappa shape index (κ2) is 6.88. The Bertz CT molecular complexity index is 393. The van der Waals surface area contributed by atoms with Crippen LogP contribution in [0.2, 0.25) is 0 Å². The summed E-state index contributed by atoms with van der Waals surface area (Å²) in [5.41, 5.74) is 0. The second-order valence-corrected chi connectivity index (χ2v) is 5.93. The van der Waals surface area contributed by atoms with Crippen molar-refractivity contribution in [3.8, 4) is 0 Å². The van der Waals surface area contributed by atoms with E-state index in [9.17, 15) is 14.7 Å². The molecule has 0 radical (unpaired) electrons. The molecule has 0 saturated heterocycles. The van der Waals surface area contributed by atoms with Crippen LogP contribution in [-0.2, 0) is 9.59 Å². The predicted molar refractivity (Wildman–Crippen MR) is 74.0 cm³/mol. The minimum absolute atomic E-state index is 0.165. The van der Waals surface area contributed by atoms with Gasteiger partial charge in [-0.05, 0) is 38.0 Å². The van der Waals surface area contributed by atoms with Crippen LogP contribution in [0.3, 0.4) is 0 Å². The van der Waals surface area contributed by atoms with Crippen LogP contribution in [0.15, 0.2) is 12.2 Å². The van der Waals surface area contributed by atoms with Gasteiger partial charge in [-0.1, -0.05) is 18.6 Å². The van der Waals surface area contributed by atoms with E-state index >= 15 is 0 Å². The van der Waals surface area contributed by atoms with Crippen molar-refractivity contribution in [1.29, 1.82) is 0 Å². The first-order valence-electron chi connectivity index (χ1n) is 7.41. The number of aliphatic hydroxyl groups excluding tert-OH is 1. The van der Waals surface area contributed by atoms with Crippen LogP contribution in [0, 0.1) is 17.8 Å². The highest BCUT2D eigenvalue weighted by molar-refractivity contribution is 5.85. The molecule has 0 bridgehead atoms. The summed E-state index contributed by atoms with van der Waals surface area (Å²) in [5, 5.41) is 21.7. The van der Waals surface area contributed by atoms with Crippen molar-refractivity contribution >= 4 is 11.9 Å². The number of carbonyl (C=O) groups excluding carboxylic acids is 1. The molecule has 20 heavy (non-hydrogen) atoms. The molecular formula is C15H23NO4. The fraction of sp³-hybridized carbons (Fsp3) is 0.733. The van der Waals surface area contributed by atoms with Gasteiger partial charge in [-0.15, -0.1) is 0 Å². The summed E-state index contributed by atoms with van der Waals surface area (Å²) in [7, 11) is 0. The molecule has 1 amide bonds. The van der Waals surface area contributed by atoms with E-state index in [2.05, 4.69) is 5.32 Å². The highest BCUT2D eigenvalue weighted by atomic mass is 16.4. The molecule has 5 nitrogen and oxygen atoms in total. The molecule has 112 valence electrons. The van der Waals surface area contributed by atoms with Crippen molar-refractivity contribution in [3.63, 3.8) is 0 Å². The van der Waals surface area contributed by atoms with E-state index in [1.165, 1.54) is 0 Å². The van der Waals surface area contributed by atoms with E-state index in [1.54, 1.807) is 0 Å². The molecule has 2 aliphatic carbocycles. The van der Waals surface area contributed by atoms with Gasteiger partial charge in [-0.2, -0.15) is 0 Å². The van der Waals surface area contributed by atoms with Crippen LogP contribution < -0.4 is 5.32 Å². The number of carboxylic acids is 1. The SMILES string of the molecule is O=C(O)[C@H]1CC=CC[C@H]1C(=O)NCC1CCCC(O)C1. The standard InChI is InChI=1S/C15H23NO4/c17-11-5-3-4-10(8-11)9-16-14(18)12-6-1-2-7-13(12)15(19)20/h1-2,10-13,17H,3-9H2,(H,16,18)(H,19,20)/t10?,11?,12-,13+/m1/s1. The van der Waals surface area contributed by atoms with Crippen molar-refractivity contribution in [2.24, 2.45) is 17.8 Å². The number of hydrogen-bond donors (Lipinski definition) is 3. The number of aliphatic carboxylic acids is 1. The smallest absolute Gasteiger partial charge is 0.307 e. The molecule has 2 aliphatic rings. The molecule has 2 rings (SSSR count).